The van der Waals surface area contributed by atoms with Crippen molar-refractivity contribution < 1.29 is 30.0 Å². The Bertz CT molecular complexity index is 928. The van der Waals surface area contributed by atoms with Crippen LogP contribution < -0.4 is 0 Å². The first-order valence-corrected chi connectivity index (χ1v) is 8.09. The molecule has 0 aliphatic carbocycles. The second kappa shape index (κ2) is 10.0. The molecular formula is C22H22IrNO2-. The van der Waals surface area contributed by atoms with Crippen molar-refractivity contribution in [3.63, 3.8) is 0 Å². The number of allylic oxidation sites excluding steroid dienone is 2. The molecule has 0 saturated heterocycles. The molecule has 0 amide bonds. The Kier molecular flexibility index (Phi) is 8.37. The van der Waals surface area contributed by atoms with E-state index in [9.17, 15) is 4.79 Å². The number of hydrogen-bond acceptors (Lipinski definition) is 3. The van der Waals surface area contributed by atoms with Crippen molar-refractivity contribution in [3.05, 3.63) is 77.7 Å². The van der Waals surface area contributed by atoms with Crippen molar-refractivity contribution in [1.29, 1.82) is 0 Å². The summed E-state index contributed by atoms with van der Waals surface area (Å²) >= 11 is 0. The number of carbonyl (C=O) groups is 1. The number of aromatic nitrogens is 1. The Hall–Kier alpha value is -2.29. The van der Waals surface area contributed by atoms with Gasteiger partial charge in [-0.25, -0.2) is 0 Å². The second-order valence-electron chi connectivity index (χ2n) is 6.01. The van der Waals surface area contributed by atoms with Crippen LogP contribution in [0.15, 0.2) is 60.5 Å². The predicted molar refractivity (Wildman–Crippen MR) is 103 cm³/mol. The number of fused-ring (bicyclic) bond motifs is 1. The summed E-state index contributed by atoms with van der Waals surface area (Å²) in [6.07, 6.45) is 3.10. The first-order chi connectivity index (χ1) is 11.9. The zero-order valence-electron chi connectivity index (χ0n) is 15.3. The van der Waals surface area contributed by atoms with Gasteiger partial charge in [0.2, 0.25) is 0 Å². The molecule has 4 heteroatoms. The van der Waals surface area contributed by atoms with Gasteiger partial charge in [0.25, 0.3) is 0 Å². The fourth-order valence-corrected chi connectivity index (χ4v) is 2.56. The van der Waals surface area contributed by atoms with E-state index in [2.05, 4.69) is 61.3 Å². The van der Waals surface area contributed by atoms with Crippen LogP contribution in [0.3, 0.4) is 0 Å². The maximum atomic E-state index is 10.0. The molecule has 3 nitrogen and oxygen atoms in total. The average molecular weight is 525 g/mol. The van der Waals surface area contributed by atoms with Gasteiger partial charge in [0, 0.05) is 32.4 Å². The van der Waals surface area contributed by atoms with Gasteiger partial charge in [0.1, 0.15) is 0 Å². The Morgan fingerprint density at radius 1 is 1.12 bits per heavy atom. The number of hydrogen-bond donors (Lipinski definition) is 1. The van der Waals surface area contributed by atoms with Crippen molar-refractivity contribution in [2.75, 3.05) is 0 Å². The third-order valence-corrected chi connectivity index (χ3v) is 3.62. The molecular weight excluding hydrogens is 502 g/mol. The molecule has 0 fully saturated rings. The first-order valence-electron chi connectivity index (χ1n) is 8.09. The number of aryl methyl sites for hydroxylation is 2. The van der Waals surface area contributed by atoms with E-state index < -0.39 is 0 Å². The van der Waals surface area contributed by atoms with Gasteiger partial charge in [-0.3, -0.25) is 4.79 Å². The van der Waals surface area contributed by atoms with Crippen molar-refractivity contribution in [1.82, 2.24) is 4.98 Å². The molecule has 0 spiro atoms. The number of pyridine rings is 1. The molecule has 137 valence electrons. The summed E-state index contributed by atoms with van der Waals surface area (Å²) in [5, 5.41) is 10.8. The Morgan fingerprint density at radius 3 is 2.31 bits per heavy atom. The summed E-state index contributed by atoms with van der Waals surface area (Å²) in [6.45, 7) is 7.04. The third-order valence-electron chi connectivity index (χ3n) is 3.62. The summed E-state index contributed by atoms with van der Waals surface area (Å²) in [7, 11) is 0. The predicted octanol–water partition coefficient (Wildman–Crippen LogP) is 5.35. The molecule has 1 aromatic heterocycles. The van der Waals surface area contributed by atoms with E-state index in [0.29, 0.717) is 0 Å². The van der Waals surface area contributed by atoms with E-state index in [1.807, 2.05) is 12.3 Å². The van der Waals surface area contributed by atoms with E-state index >= 15 is 0 Å². The molecule has 0 aliphatic rings. The molecule has 1 heterocycles. The Balaban J connectivity index is 0.000000366. The minimum absolute atomic E-state index is 0. The van der Waals surface area contributed by atoms with E-state index in [-0.39, 0.29) is 31.6 Å². The van der Waals surface area contributed by atoms with Gasteiger partial charge in [0.05, 0.1) is 5.76 Å². The summed E-state index contributed by atoms with van der Waals surface area (Å²) in [5.74, 6) is -0.0625. The number of rotatable bonds is 2. The summed E-state index contributed by atoms with van der Waals surface area (Å²) in [4.78, 5) is 14.6. The van der Waals surface area contributed by atoms with Crippen LogP contribution in [-0.4, -0.2) is 15.9 Å². The molecule has 0 aliphatic heterocycles. The van der Waals surface area contributed by atoms with Gasteiger partial charge in [-0.05, 0) is 42.8 Å². The van der Waals surface area contributed by atoms with E-state index in [0.717, 1.165) is 11.3 Å². The maximum Gasteiger partial charge on any atom is 0.155 e. The van der Waals surface area contributed by atoms with E-state index in [1.165, 1.54) is 41.8 Å². The molecule has 3 aromatic rings. The van der Waals surface area contributed by atoms with Gasteiger partial charge in [0.15, 0.2) is 5.78 Å². The standard InChI is InChI=1S/C17H14N.C5H8O2.Ir/c1-12-6-5-7-14(10-12)17-16-9-4-3-8-15(16)13(2)11-18-17;1-4(6)3-5(2)7;/h3-6,8-11H,1-2H3;3,6H,1-2H3;/q-1;;/b;4-3-;. The van der Waals surface area contributed by atoms with Crippen LogP contribution in [0, 0.1) is 19.9 Å². The fraction of sp³-hybridized carbons (Fsp3) is 0.182. The Labute approximate surface area is 168 Å². The average Bonchev–Trinajstić information content (AvgIpc) is 2.55. The topological polar surface area (TPSA) is 50.2 Å². The fourth-order valence-electron chi connectivity index (χ4n) is 2.56. The number of nitrogens with zero attached hydrogens (tertiary/aromatic N) is 1. The molecule has 0 saturated carbocycles. The van der Waals surface area contributed by atoms with Gasteiger partial charge < -0.3 is 10.1 Å². The van der Waals surface area contributed by atoms with Crippen molar-refractivity contribution in [2.24, 2.45) is 0 Å². The van der Waals surface area contributed by atoms with Crippen LogP contribution in [0.4, 0.5) is 0 Å². The smallest absolute Gasteiger partial charge is 0.155 e. The molecule has 0 atom stereocenters. The summed E-state index contributed by atoms with van der Waals surface area (Å²) in [6, 6.07) is 17.8. The first kappa shape index (κ1) is 21.8. The Morgan fingerprint density at radius 2 is 1.77 bits per heavy atom. The van der Waals surface area contributed by atoms with Gasteiger partial charge in [-0.1, -0.05) is 31.2 Å². The third kappa shape index (κ3) is 5.90. The summed E-state index contributed by atoms with van der Waals surface area (Å²) in [5.41, 5.74) is 4.52. The van der Waals surface area contributed by atoms with Crippen LogP contribution >= 0.6 is 0 Å². The van der Waals surface area contributed by atoms with Crippen molar-refractivity contribution in [2.45, 2.75) is 27.7 Å². The number of benzene rings is 2. The van der Waals surface area contributed by atoms with E-state index in [1.54, 1.807) is 0 Å². The maximum absolute atomic E-state index is 10.0. The van der Waals surface area contributed by atoms with Crippen LogP contribution in [0.2, 0.25) is 0 Å². The van der Waals surface area contributed by atoms with Crippen LogP contribution in [-0.2, 0) is 24.9 Å². The van der Waals surface area contributed by atoms with Crippen molar-refractivity contribution >= 4 is 16.6 Å². The molecule has 1 radical (unpaired) electrons. The summed E-state index contributed by atoms with van der Waals surface area (Å²) < 4.78 is 0. The number of aliphatic hydroxyl groups is 1. The van der Waals surface area contributed by atoms with Gasteiger partial charge in [-0.2, -0.15) is 0 Å². The quantitative estimate of drug-likeness (QED) is 0.279. The number of ketones is 1. The largest absolute Gasteiger partial charge is 0.512 e. The van der Waals surface area contributed by atoms with Crippen LogP contribution in [0.1, 0.15) is 25.0 Å². The second-order valence-corrected chi connectivity index (χ2v) is 6.01. The number of aliphatic hydroxyl groups excluding tert-OH is 1. The van der Waals surface area contributed by atoms with Gasteiger partial charge in [-0.15, -0.1) is 35.4 Å². The molecule has 1 N–H and O–H groups in total. The van der Waals surface area contributed by atoms with Gasteiger partial charge >= 0.3 is 0 Å². The van der Waals surface area contributed by atoms with E-state index in [4.69, 9.17) is 5.11 Å². The normalized spacial score (nSPS) is 10.5. The zero-order chi connectivity index (χ0) is 18.4. The number of carbonyl (C=O) groups excluding carboxylic acids is 1. The zero-order valence-corrected chi connectivity index (χ0v) is 17.7. The molecule has 26 heavy (non-hydrogen) atoms. The van der Waals surface area contributed by atoms with Crippen molar-refractivity contribution in [3.8, 4) is 11.3 Å². The molecule has 3 rings (SSSR count). The minimum atomic E-state index is -0.125. The van der Waals surface area contributed by atoms with Crippen LogP contribution in [0.5, 0.6) is 0 Å². The molecule has 0 bridgehead atoms. The SMILES string of the molecule is CC(=O)/C=C(/C)O.Cc1cc[c-]c(-c2ncc(C)c3ccccc23)c1.[Ir]. The monoisotopic (exact) mass is 525 g/mol. The minimum Gasteiger partial charge on any atom is -0.512 e. The van der Waals surface area contributed by atoms with Crippen LogP contribution in [0.25, 0.3) is 22.0 Å². The molecule has 2 aromatic carbocycles. The molecule has 0 unspecified atom stereocenters.